The maximum absolute atomic E-state index is 13.6. The van der Waals surface area contributed by atoms with Crippen LogP contribution in [-0.4, -0.2) is 4.57 Å². The average molecular weight is 189 g/mol. The molecule has 1 atom stereocenters. The standard InChI is InChI=1S/C12H12FN/c1-8-9-4-2-3-5-11(9)14-7-6-10(13)12(8)14/h2-5,10H,6-7H2,1H3. The van der Waals surface area contributed by atoms with Gasteiger partial charge in [0.05, 0.1) is 5.69 Å². The summed E-state index contributed by atoms with van der Waals surface area (Å²) in [5.41, 5.74) is 3.19. The van der Waals surface area contributed by atoms with Gasteiger partial charge >= 0.3 is 0 Å². The Kier molecular flexibility index (Phi) is 1.49. The van der Waals surface area contributed by atoms with Gasteiger partial charge in [0.2, 0.25) is 0 Å². The van der Waals surface area contributed by atoms with Crippen molar-refractivity contribution < 1.29 is 4.39 Å². The highest BCUT2D eigenvalue weighted by atomic mass is 19.1. The predicted octanol–water partition coefficient (Wildman–Crippen LogP) is 3.36. The Morgan fingerprint density at radius 2 is 2.14 bits per heavy atom. The normalized spacial score (nSPS) is 20.3. The number of rotatable bonds is 0. The lowest BCUT2D eigenvalue weighted by molar-refractivity contribution is 0.343. The van der Waals surface area contributed by atoms with Crippen LogP contribution < -0.4 is 0 Å². The van der Waals surface area contributed by atoms with E-state index in [4.69, 9.17) is 0 Å². The van der Waals surface area contributed by atoms with Crippen molar-refractivity contribution >= 4 is 10.9 Å². The minimum absolute atomic E-state index is 0.640. The Bertz CT molecular complexity index is 498. The van der Waals surface area contributed by atoms with Gasteiger partial charge in [-0.1, -0.05) is 18.2 Å². The molecule has 0 radical (unpaired) electrons. The molecule has 0 aliphatic carbocycles. The molecule has 3 rings (SSSR count). The second kappa shape index (κ2) is 2.59. The first-order valence-electron chi connectivity index (χ1n) is 5.01. The summed E-state index contributed by atoms with van der Waals surface area (Å²) in [4.78, 5) is 0. The monoisotopic (exact) mass is 189 g/mol. The van der Waals surface area contributed by atoms with E-state index < -0.39 is 6.17 Å². The number of benzene rings is 1. The van der Waals surface area contributed by atoms with Crippen LogP contribution in [0.5, 0.6) is 0 Å². The molecule has 14 heavy (non-hydrogen) atoms. The number of hydrogen-bond donors (Lipinski definition) is 0. The second-order valence-electron chi connectivity index (χ2n) is 3.94. The molecule has 1 aromatic heterocycles. The minimum Gasteiger partial charge on any atom is -0.342 e. The third-order valence-electron chi connectivity index (χ3n) is 3.18. The average Bonchev–Trinajstić information content (AvgIpc) is 2.70. The molecule has 1 aromatic carbocycles. The molecule has 1 nitrogen and oxygen atoms in total. The highest BCUT2D eigenvalue weighted by Crippen LogP contribution is 2.38. The summed E-state index contributed by atoms with van der Waals surface area (Å²) < 4.78 is 15.7. The van der Waals surface area contributed by atoms with E-state index in [1.54, 1.807) is 0 Å². The van der Waals surface area contributed by atoms with Gasteiger partial charge in [-0.3, -0.25) is 0 Å². The molecule has 0 fully saturated rings. The molecule has 1 aliphatic rings. The molecule has 1 aliphatic heterocycles. The minimum atomic E-state index is -0.762. The number of alkyl halides is 1. The molecule has 72 valence electrons. The lowest BCUT2D eigenvalue weighted by Crippen LogP contribution is -1.91. The highest BCUT2D eigenvalue weighted by molar-refractivity contribution is 5.85. The van der Waals surface area contributed by atoms with Crippen LogP contribution >= 0.6 is 0 Å². The zero-order valence-corrected chi connectivity index (χ0v) is 8.13. The fraction of sp³-hybridized carbons (Fsp3) is 0.333. The largest absolute Gasteiger partial charge is 0.342 e. The SMILES string of the molecule is Cc1c2n(c3ccccc13)CCC2F. The van der Waals surface area contributed by atoms with Crippen LogP contribution in [0.25, 0.3) is 10.9 Å². The van der Waals surface area contributed by atoms with Crippen LogP contribution in [0.1, 0.15) is 23.8 Å². The zero-order valence-electron chi connectivity index (χ0n) is 8.13. The summed E-state index contributed by atoms with van der Waals surface area (Å²) in [5.74, 6) is 0. The molecule has 0 amide bonds. The number of hydrogen-bond acceptors (Lipinski definition) is 0. The topological polar surface area (TPSA) is 4.93 Å². The highest BCUT2D eigenvalue weighted by Gasteiger charge is 2.26. The van der Waals surface area contributed by atoms with E-state index in [2.05, 4.69) is 16.7 Å². The van der Waals surface area contributed by atoms with Gasteiger partial charge in [-0.2, -0.15) is 0 Å². The first kappa shape index (κ1) is 8.04. The fourth-order valence-corrected chi connectivity index (χ4v) is 2.52. The second-order valence-corrected chi connectivity index (χ2v) is 3.94. The van der Waals surface area contributed by atoms with Crippen LogP contribution in [0.15, 0.2) is 24.3 Å². The van der Waals surface area contributed by atoms with Gasteiger partial charge in [0.1, 0.15) is 6.17 Å². The Morgan fingerprint density at radius 3 is 3.00 bits per heavy atom. The molecule has 2 heteroatoms. The number of aryl methyl sites for hydroxylation is 2. The molecule has 2 aromatic rings. The van der Waals surface area contributed by atoms with Crippen LogP contribution in [0, 0.1) is 6.92 Å². The number of halogens is 1. The van der Waals surface area contributed by atoms with Crippen molar-refractivity contribution in [3.05, 3.63) is 35.5 Å². The van der Waals surface area contributed by atoms with Crippen molar-refractivity contribution in [1.82, 2.24) is 4.57 Å². The summed E-state index contributed by atoms with van der Waals surface area (Å²) in [5, 5.41) is 1.20. The molecule has 0 saturated heterocycles. The number of para-hydroxylation sites is 1. The Morgan fingerprint density at radius 1 is 1.36 bits per heavy atom. The summed E-state index contributed by atoms with van der Waals surface area (Å²) in [6.45, 7) is 2.84. The van der Waals surface area contributed by atoms with Crippen molar-refractivity contribution in [2.45, 2.75) is 26.1 Å². The summed E-state index contributed by atoms with van der Waals surface area (Å²) in [6.07, 6.45) is -0.122. The molecular formula is C12H12FN. The smallest absolute Gasteiger partial charge is 0.142 e. The first-order valence-corrected chi connectivity index (χ1v) is 5.01. The quantitative estimate of drug-likeness (QED) is 0.598. The van der Waals surface area contributed by atoms with Crippen LogP contribution in [0.3, 0.4) is 0 Å². The van der Waals surface area contributed by atoms with Gasteiger partial charge in [0.25, 0.3) is 0 Å². The maximum Gasteiger partial charge on any atom is 0.142 e. The fourth-order valence-electron chi connectivity index (χ4n) is 2.52. The Labute approximate surface area is 82.2 Å². The van der Waals surface area contributed by atoms with E-state index in [-0.39, 0.29) is 0 Å². The van der Waals surface area contributed by atoms with Gasteiger partial charge in [0.15, 0.2) is 0 Å². The molecule has 0 spiro atoms. The van der Waals surface area contributed by atoms with Gasteiger partial charge in [-0.15, -0.1) is 0 Å². The van der Waals surface area contributed by atoms with Crippen molar-refractivity contribution in [3.63, 3.8) is 0 Å². The van der Waals surface area contributed by atoms with Gasteiger partial charge in [0, 0.05) is 23.9 Å². The van der Waals surface area contributed by atoms with Crippen molar-refractivity contribution in [2.75, 3.05) is 0 Å². The van der Waals surface area contributed by atoms with E-state index in [0.29, 0.717) is 6.42 Å². The molecular weight excluding hydrogens is 177 g/mol. The Hall–Kier alpha value is -1.31. The predicted molar refractivity (Wildman–Crippen MR) is 55.1 cm³/mol. The zero-order chi connectivity index (χ0) is 9.71. The summed E-state index contributed by atoms with van der Waals surface area (Å²) in [6, 6.07) is 8.17. The van der Waals surface area contributed by atoms with Gasteiger partial charge in [-0.05, 0) is 18.6 Å². The van der Waals surface area contributed by atoms with Crippen molar-refractivity contribution in [1.29, 1.82) is 0 Å². The number of fused-ring (bicyclic) bond motifs is 3. The van der Waals surface area contributed by atoms with Gasteiger partial charge in [-0.25, -0.2) is 4.39 Å². The first-order chi connectivity index (χ1) is 6.79. The van der Waals surface area contributed by atoms with E-state index >= 15 is 0 Å². The van der Waals surface area contributed by atoms with E-state index in [9.17, 15) is 4.39 Å². The third kappa shape index (κ3) is 0.834. The third-order valence-corrected chi connectivity index (χ3v) is 3.18. The molecule has 0 bridgehead atoms. The number of nitrogens with zero attached hydrogens (tertiary/aromatic N) is 1. The molecule has 0 N–H and O–H groups in total. The number of aromatic nitrogens is 1. The van der Waals surface area contributed by atoms with E-state index in [1.165, 1.54) is 10.9 Å². The van der Waals surface area contributed by atoms with Crippen molar-refractivity contribution in [3.8, 4) is 0 Å². The lowest BCUT2D eigenvalue weighted by atomic mass is 10.1. The summed E-state index contributed by atoms with van der Waals surface area (Å²) in [7, 11) is 0. The molecule has 2 heterocycles. The Balaban J connectivity index is 2.45. The van der Waals surface area contributed by atoms with E-state index in [0.717, 1.165) is 17.8 Å². The van der Waals surface area contributed by atoms with Crippen LogP contribution in [-0.2, 0) is 6.54 Å². The lowest BCUT2D eigenvalue weighted by Gasteiger charge is -1.98. The molecule has 0 saturated carbocycles. The van der Waals surface area contributed by atoms with Gasteiger partial charge < -0.3 is 4.57 Å². The maximum atomic E-state index is 13.6. The molecule has 1 unspecified atom stereocenters. The van der Waals surface area contributed by atoms with E-state index in [1.807, 2.05) is 19.1 Å². The van der Waals surface area contributed by atoms with Crippen LogP contribution in [0.4, 0.5) is 4.39 Å². The van der Waals surface area contributed by atoms with Crippen LogP contribution in [0.2, 0.25) is 0 Å². The summed E-state index contributed by atoms with van der Waals surface area (Å²) >= 11 is 0. The van der Waals surface area contributed by atoms with Crippen molar-refractivity contribution in [2.24, 2.45) is 0 Å².